The van der Waals surface area contributed by atoms with Gasteiger partial charge >= 0.3 is 0 Å². The number of sulfonamides is 1. The first-order valence-corrected chi connectivity index (χ1v) is 9.55. The summed E-state index contributed by atoms with van der Waals surface area (Å²) in [6, 6.07) is 15.0. The Morgan fingerprint density at radius 2 is 1.92 bits per heavy atom. The van der Waals surface area contributed by atoms with E-state index in [1.807, 2.05) is 18.2 Å². The van der Waals surface area contributed by atoms with Gasteiger partial charge in [0.05, 0.1) is 35.6 Å². The number of pyridine rings is 2. The molecule has 2 aromatic heterocycles. The van der Waals surface area contributed by atoms with Crippen molar-refractivity contribution in [3.63, 3.8) is 0 Å². The van der Waals surface area contributed by atoms with Gasteiger partial charge in [0.25, 0.3) is 0 Å². The molecular weight excluding hydrogens is 374 g/mol. The van der Waals surface area contributed by atoms with Crippen molar-refractivity contribution in [2.75, 3.05) is 7.11 Å². The van der Waals surface area contributed by atoms with Gasteiger partial charge in [-0.05, 0) is 30.3 Å². The number of halogens is 1. The Kier molecular flexibility index (Phi) is 5.51. The molecule has 0 saturated heterocycles. The van der Waals surface area contributed by atoms with Crippen LogP contribution in [0.15, 0.2) is 65.7 Å². The minimum Gasteiger partial charge on any atom is -0.497 e. The van der Waals surface area contributed by atoms with Crippen LogP contribution in [0.3, 0.4) is 0 Å². The maximum atomic E-state index is 12.4. The van der Waals surface area contributed by atoms with Crippen LogP contribution in [0.4, 0.5) is 0 Å². The lowest BCUT2D eigenvalue weighted by Crippen LogP contribution is -2.23. The molecule has 6 nitrogen and oxygen atoms in total. The van der Waals surface area contributed by atoms with Gasteiger partial charge in [0.2, 0.25) is 10.0 Å². The third-order valence-corrected chi connectivity index (χ3v) is 5.20. The quantitative estimate of drug-likeness (QED) is 0.699. The van der Waals surface area contributed by atoms with Gasteiger partial charge in [-0.15, -0.1) is 0 Å². The van der Waals surface area contributed by atoms with E-state index in [1.54, 1.807) is 30.5 Å². The third kappa shape index (κ3) is 4.37. The number of hydrogen-bond donors (Lipinski definition) is 1. The molecule has 3 aromatic rings. The number of hydrogen-bond acceptors (Lipinski definition) is 5. The zero-order valence-corrected chi connectivity index (χ0v) is 15.5. The summed E-state index contributed by atoms with van der Waals surface area (Å²) in [5, 5.41) is 0.352. The Morgan fingerprint density at radius 1 is 1.08 bits per heavy atom. The highest BCUT2D eigenvalue weighted by Gasteiger charge is 2.15. The van der Waals surface area contributed by atoms with Crippen molar-refractivity contribution >= 4 is 21.6 Å². The summed E-state index contributed by atoms with van der Waals surface area (Å²) in [4.78, 5) is 8.83. The molecule has 0 aliphatic carbocycles. The lowest BCUT2D eigenvalue weighted by atomic mass is 10.2. The fraction of sp³-hybridized carbons (Fsp3) is 0.111. The van der Waals surface area contributed by atoms with Gasteiger partial charge in [0.15, 0.2) is 0 Å². The lowest BCUT2D eigenvalue weighted by Gasteiger charge is -2.10. The van der Waals surface area contributed by atoms with Crippen LogP contribution in [0.1, 0.15) is 5.69 Å². The fourth-order valence-corrected chi connectivity index (χ4v) is 3.60. The van der Waals surface area contributed by atoms with E-state index in [4.69, 9.17) is 16.3 Å². The van der Waals surface area contributed by atoms with E-state index in [2.05, 4.69) is 14.7 Å². The molecule has 8 heteroatoms. The molecule has 26 heavy (non-hydrogen) atoms. The average Bonchev–Trinajstić information content (AvgIpc) is 2.67. The van der Waals surface area contributed by atoms with Gasteiger partial charge < -0.3 is 4.74 Å². The van der Waals surface area contributed by atoms with Crippen molar-refractivity contribution in [3.05, 3.63) is 71.5 Å². The number of aromatic nitrogens is 2. The van der Waals surface area contributed by atoms with Crippen molar-refractivity contribution in [1.82, 2.24) is 14.7 Å². The van der Waals surface area contributed by atoms with Crippen LogP contribution in [0.5, 0.6) is 5.75 Å². The first kappa shape index (κ1) is 18.3. The molecule has 0 unspecified atom stereocenters. The van der Waals surface area contributed by atoms with E-state index in [1.165, 1.54) is 19.2 Å². The van der Waals surface area contributed by atoms with Crippen molar-refractivity contribution in [2.24, 2.45) is 0 Å². The van der Waals surface area contributed by atoms with E-state index < -0.39 is 10.0 Å². The molecule has 0 atom stereocenters. The second-order valence-electron chi connectivity index (χ2n) is 5.38. The topological polar surface area (TPSA) is 81.2 Å². The molecule has 0 spiro atoms. The molecule has 0 saturated carbocycles. The van der Waals surface area contributed by atoms with Gasteiger partial charge in [0, 0.05) is 23.4 Å². The van der Waals surface area contributed by atoms with Crippen molar-refractivity contribution in [3.8, 4) is 17.1 Å². The van der Waals surface area contributed by atoms with E-state index in [9.17, 15) is 8.42 Å². The Hall–Kier alpha value is -2.48. The molecule has 134 valence electrons. The summed E-state index contributed by atoms with van der Waals surface area (Å²) in [5.41, 5.74) is 1.78. The van der Waals surface area contributed by atoms with E-state index in [0.717, 1.165) is 0 Å². The highest BCUT2D eigenvalue weighted by Crippen LogP contribution is 2.22. The number of rotatable bonds is 6. The van der Waals surface area contributed by atoms with Gasteiger partial charge in [0.1, 0.15) is 5.75 Å². The fourth-order valence-electron chi connectivity index (χ4n) is 2.30. The van der Waals surface area contributed by atoms with Crippen LogP contribution in [-0.4, -0.2) is 25.5 Å². The van der Waals surface area contributed by atoms with Crippen LogP contribution < -0.4 is 9.46 Å². The molecule has 0 aliphatic heterocycles. The molecule has 0 radical (unpaired) electrons. The average molecular weight is 390 g/mol. The van der Waals surface area contributed by atoms with Crippen LogP contribution >= 0.6 is 11.6 Å². The number of nitrogens with zero attached hydrogens (tertiary/aromatic N) is 2. The normalized spacial score (nSPS) is 11.3. The van der Waals surface area contributed by atoms with Crippen LogP contribution in [0.2, 0.25) is 5.02 Å². The minimum absolute atomic E-state index is 0.00583. The number of methoxy groups -OCH3 is 1. The van der Waals surface area contributed by atoms with Crippen molar-refractivity contribution in [2.45, 2.75) is 11.4 Å². The molecule has 1 aromatic carbocycles. The van der Waals surface area contributed by atoms with Gasteiger partial charge in [-0.25, -0.2) is 18.1 Å². The lowest BCUT2D eigenvalue weighted by molar-refractivity contribution is 0.413. The highest BCUT2D eigenvalue weighted by atomic mass is 35.5. The third-order valence-electron chi connectivity index (χ3n) is 3.56. The highest BCUT2D eigenvalue weighted by molar-refractivity contribution is 7.89. The summed E-state index contributed by atoms with van der Waals surface area (Å²) in [7, 11) is -2.17. The zero-order valence-electron chi connectivity index (χ0n) is 13.9. The SMILES string of the molecule is COc1cc(CNS(=O)(=O)c2cccc(Cl)c2)nc(-c2ccccn2)c1. The maximum absolute atomic E-state index is 12.4. The van der Waals surface area contributed by atoms with Crippen molar-refractivity contribution in [1.29, 1.82) is 0 Å². The van der Waals surface area contributed by atoms with Crippen molar-refractivity contribution < 1.29 is 13.2 Å². The molecule has 1 N–H and O–H groups in total. The minimum atomic E-state index is -3.71. The number of benzene rings is 1. The molecule has 2 heterocycles. The molecule has 0 aliphatic rings. The summed E-state index contributed by atoms with van der Waals surface area (Å²) in [5.74, 6) is 0.567. The van der Waals surface area contributed by atoms with Crippen LogP contribution in [0.25, 0.3) is 11.4 Å². The largest absolute Gasteiger partial charge is 0.497 e. The summed E-state index contributed by atoms with van der Waals surface area (Å²) < 4.78 is 32.7. The molecule has 0 fully saturated rings. The second-order valence-corrected chi connectivity index (χ2v) is 7.58. The number of ether oxygens (including phenoxy) is 1. The Bertz CT molecular complexity index is 1010. The molecule has 0 bridgehead atoms. The second kappa shape index (κ2) is 7.82. The Labute approximate surface area is 156 Å². The van der Waals surface area contributed by atoms with Gasteiger partial charge in [-0.2, -0.15) is 0 Å². The first-order valence-electron chi connectivity index (χ1n) is 7.69. The maximum Gasteiger partial charge on any atom is 0.240 e. The predicted molar refractivity (Wildman–Crippen MR) is 99.5 cm³/mol. The standard InChI is InChI=1S/C18H16ClN3O3S/c1-25-15-10-14(22-18(11-15)17-7-2-3-8-20-17)12-21-26(23,24)16-6-4-5-13(19)9-16/h2-11,21H,12H2,1H3. The Balaban J connectivity index is 1.86. The Morgan fingerprint density at radius 3 is 2.62 bits per heavy atom. The van der Waals surface area contributed by atoms with Crippen LogP contribution in [-0.2, 0) is 16.6 Å². The van der Waals surface area contributed by atoms with E-state index >= 15 is 0 Å². The first-order chi connectivity index (χ1) is 12.5. The van der Waals surface area contributed by atoms with Crippen LogP contribution in [0, 0.1) is 0 Å². The van der Waals surface area contributed by atoms with Gasteiger partial charge in [-0.3, -0.25) is 4.98 Å². The van der Waals surface area contributed by atoms with E-state index in [0.29, 0.717) is 27.9 Å². The molecular formula is C18H16ClN3O3S. The smallest absolute Gasteiger partial charge is 0.240 e. The monoisotopic (exact) mass is 389 g/mol. The summed E-state index contributed by atoms with van der Waals surface area (Å²) in [6.45, 7) is 0.00583. The number of nitrogens with one attached hydrogen (secondary N) is 1. The van der Waals surface area contributed by atoms with E-state index in [-0.39, 0.29) is 11.4 Å². The summed E-state index contributed by atoms with van der Waals surface area (Å²) in [6.07, 6.45) is 1.66. The predicted octanol–water partition coefficient (Wildman–Crippen LogP) is 3.28. The van der Waals surface area contributed by atoms with Gasteiger partial charge in [-0.1, -0.05) is 23.7 Å². The zero-order chi connectivity index (χ0) is 18.6. The molecule has 0 amide bonds. The summed E-state index contributed by atoms with van der Waals surface area (Å²) >= 11 is 5.87. The molecule has 3 rings (SSSR count).